The van der Waals surface area contributed by atoms with E-state index in [1.165, 1.54) is 12.1 Å². The first-order chi connectivity index (χ1) is 10.5. The van der Waals surface area contributed by atoms with Crippen LogP contribution in [0.25, 0.3) is 0 Å². The second-order valence-electron chi connectivity index (χ2n) is 5.13. The molecule has 2 N–H and O–H groups in total. The average Bonchev–Trinajstić information content (AvgIpc) is 2.47. The third-order valence-corrected chi connectivity index (χ3v) is 4.15. The topological polar surface area (TPSA) is 74.8 Å². The molecule has 0 atom stereocenters. The van der Waals surface area contributed by atoms with Crippen LogP contribution in [0.15, 0.2) is 23.0 Å². The first kappa shape index (κ1) is 15.1. The van der Waals surface area contributed by atoms with Gasteiger partial charge in [0.25, 0.3) is 11.5 Å². The summed E-state index contributed by atoms with van der Waals surface area (Å²) in [5.74, 6) is -0.303. The lowest BCUT2D eigenvalue weighted by molar-refractivity contribution is 0.102. The largest absolute Gasteiger partial charge is 0.292 e. The molecule has 0 aliphatic heterocycles. The highest BCUT2D eigenvalue weighted by molar-refractivity contribution is 6.37. The molecular formula is C15H13Cl2N3O2. The fourth-order valence-corrected chi connectivity index (χ4v) is 3.01. The highest BCUT2D eigenvalue weighted by Crippen LogP contribution is 2.22. The number of fused-ring (bicyclic) bond motifs is 1. The number of aryl methyl sites for hydroxylation is 1. The molecule has 0 fully saturated rings. The van der Waals surface area contributed by atoms with Crippen molar-refractivity contribution in [3.8, 4) is 0 Å². The third-order valence-electron chi connectivity index (χ3n) is 3.60. The molecule has 1 aromatic heterocycles. The fourth-order valence-electron chi connectivity index (χ4n) is 2.51. The summed E-state index contributed by atoms with van der Waals surface area (Å²) in [6.07, 6.45) is 3.47. The maximum Gasteiger partial charge on any atom is 0.259 e. The predicted molar refractivity (Wildman–Crippen MR) is 85.9 cm³/mol. The zero-order chi connectivity index (χ0) is 15.7. The molecular weight excluding hydrogens is 325 g/mol. The monoisotopic (exact) mass is 337 g/mol. The van der Waals surface area contributed by atoms with Gasteiger partial charge < -0.3 is 0 Å². The number of nitrogens with one attached hydrogen (secondary N) is 2. The molecule has 0 spiro atoms. The van der Waals surface area contributed by atoms with Crippen molar-refractivity contribution in [1.82, 2.24) is 9.97 Å². The number of nitrogens with zero attached hydrogens (tertiary/aromatic N) is 1. The minimum absolute atomic E-state index is 0.140. The standard InChI is InChI=1S/C15H13Cl2N3O2/c16-8-5-6-9(11(17)7-8)13(21)19-15-18-12-4-2-1-3-10(12)14(22)20-15/h5-7H,1-4H2,(H2,18,19,20,21,22). The number of aromatic amines is 1. The van der Waals surface area contributed by atoms with Gasteiger partial charge in [0.2, 0.25) is 5.95 Å². The minimum atomic E-state index is -0.444. The van der Waals surface area contributed by atoms with E-state index in [0.29, 0.717) is 10.6 Å². The Morgan fingerprint density at radius 3 is 2.77 bits per heavy atom. The summed E-state index contributed by atoms with van der Waals surface area (Å²) in [5.41, 5.74) is 1.55. The average molecular weight is 338 g/mol. The van der Waals surface area contributed by atoms with Crippen molar-refractivity contribution in [2.45, 2.75) is 25.7 Å². The molecule has 1 heterocycles. The highest BCUT2D eigenvalue weighted by Gasteiger charge is 2.17. The maximum absolute atomic E-state index is 12.2. The predicted octanol–water partition coefficient (Wildman–Crippen LogP) is 3.21. The molecule has 22 heavy (non-hydrogen) atoms. The normalized spacial score (nSPS) is 13.5. The summed E-state index contributed by atoms with van der Waals surface area (Å²) < 4.78 is 0. The summed E-state index contributed by atoms with van der Waals surface area (Å²) in [4.78, 5) is 31.2. The van der Waals surface area contributed by atoms with E-state index in [1.54, 1.807) is 6.07 Å². The molecule has 1 amide bonds. The Bertz CT molecular complexity index is 802. The van der Waals surface area contributed by atoms with Gasteiger partial charge in [-0.25, -0.2) is 4.98 Å². The van der Waals surface area contributed by atoms with Gasteiger partial charge in [0.15, 0.2) is 0 Å². The molecule has 1 aromatic carbocycles. The van der Waals surface area contributed by atoms with Gasteiger partial charge in [0, 0.05) is 10.6 Å². The van der Waals surface area contributed by atoms with Crippen LogP contribution in [0.1, 0.15) is 34.5 Å². The van der Waals surface area contributed by atoms with E-state index >= 15 is 0 Å². The van der Waals surface area contributed by atoms with Crippen molar-refractivity contribution in [3.05, 3.63) is 55.4 Å². The zero-order valence-corrected chi connectivity index (χ0v) is 13.1. The second kappa shape index (κ2) is 6.10. The van der Waals surface area contributed by atoms with Crippen molar-refractivity contribution < 1.29 is 4.79 Å². The molecule has 2 aromatic rings. The number of rotatable bonds is 2. The SMILES string of the molecule is O=C(Nc1nc2c(c(=O)[nH]1)CCCC2)c1ccc(Cl)cc1Cl. The third kappa shape index (κ3) is 3.00. The number of halogens is 2. The van der Waals surface area contributed by atoms with Crippen LogP contribution in [0.3, 0.4) is 0 Å². The summed E-state index contributed by atoms with van der Waals surface area (Å²) in [5, 5.41) is 3.26. The van der Waals surface area contributed by atoms with E-state index in [9.17, 15) is 9.59 Å². The van der Waals surface area contributed by atoms with Gasteiger partial charge in [0.1, 0.15) is 0 Å². The van der Waals surface area contributed by atoms with Gasteiger partial charge in [-0.15, -0.1) is 0 Å². The minimum Gasteiger partial charge on any atom is -0.292 e. The van der Waals surface area contributed by atoms with Gasteiger partial charge in [-0.2, -0.15) is 0 Å². The van der Waals surface area contributed by atoms with Gasteiger partial charge in [-0.3, -0.25) is 19.9 Å². The molecule has 0 unspecified atom stereocenters. The van der Waals surface area contributed by atoms with Crippen LogP contribution in [0, 0.1) is 0 Å². The fraction of sp³-hybridized carbons (Fsp3) is 0.267. The number of hydrogen-bond acceptors (Lipinski definition) is 3. The van der Waals surface area contributed by atoms with E-state index in [-0.39, 0.29) is 22.1 Å². The lowest BCUT2D eigenvalue weighted by Crippen LogP contribution is -2.24. The van der Waals surface area contributed by atoms with Crippen molar-refractivity contribution in [2.75, 3.05) is 5.32 Å². The number of carbonyl (C=O) groups excluding carboxylic acids is 1. The number of hydrogen-bond donors (Lipinski definition) is 2. The molecule has 0 saturated heterocycles. The van der Waals surface area contributed by atoms with Crippen LogP contribution in [0.2, 0.25) is 10.0 Å². The quantitative estimate of drug-likeness (QED) is 0.883. The number of benzene rings is 1. The highest BCUT2D eigenvalue weighted by atomic mass is 35.5. The number of amides is 1. The summed E-state index contributed by atoms with van der Waals surface area (Å²) >= 11 is 11.8. The van der Waals surface area contributed by atoms with Gasteiger partial charge in [-0.05, 0) is 43.9 Å². The molecule has 1 aliphatic rings. The Morgan fingerprint density at radius 1 is 1.23 bits per heavy atom. The molecule has 0 radical (unpaired) electrons. The zero-order valence-electron chi connectivity index (χ0n) is 11.6. The van der Waals surface area contributed by atoms with Crippen molar-refractivity contribution in [2.24, 2.45) is 0 Å². The van der Waals surface area contributed by atoms with Gasteiger partial charge in [-0.1, -0.05) is 23.2 Å². The van der Waals surface area contributed by atoms with Gasteiger partial charge >= 0.3 is 0 Å². The number of carbonyl (C=O) groups is 1. The lowest BCUT2D eigenvalue weighted by Gasteiger charge is -2.14. The first-order valence-electron chi connectivity index (χ1n) is 6.93. The summed E-state index contributed by atoms with van der Waals surface area (Å²) in [6.45, 7) is 0. The van der Waals surface area contributed by atoms with Crippen molar-refractivity contribution in [1.29, 1.82) is 0 Å². The smallest absolute Gasteiger partial charge is 0.259 e. The Hall–Kier alpha value is -1.85. The Kier molecular flexibility index (Phi) is 4.18. The number of anilines is 1. The summed E-state index contributed by atoms with van der Waals surface area (Å²) in [7, 11) is 0. The Balaban J connectivity index is 1.88. The first-order valence-corrected chi connectivity index (χ1v) is 7.68. The van der Waals surface area contributed by atoms with E-state index in [2.05, 4.69) is 15.3 Å². The molecule has 114 valence electrons. The molecule has 0 bridgehead atoms. The Morgan fingerprint density at radius 2 is 2.00 bits per heavy atom. The molecule has 5 nitrogen and oxygen atoms in total. The van der Waals surface area contributed by atoms with Crippen molar-refractivity contribution >= 4 is 35.1 Å². The van der Waals surface area contributed by atoms with E-state index in [1.807, 2.05) is 0 Å². The van der Waals surface area contributed by atoms with E-state index in [4.69, 9.17) is 23.2 Å². The van der Waals surface area contributed by atoms with Crippen LogP contribution in [-0.4, -0.2) is 15.9 Å². The number of aromatic nitrogens is 2. The van der Waals surface area contributed by atoms with Crippen LogP contribution in [0.5, 0.6) is 0 Å². The maximum atomic E-state index is 12.2. The second-order valence-corrected chi connectivity index (χ2v) is 5.97. The Labute approximate surface area is 136 Å². The summed E-state index contributed by atoms with van der Waals surface area (Å²) in [6, 6.07) is 4.59. The van der Waals surface area contributed by atoms with Crippen LogP contribution in [-0.2, 0) is 12.8 Å². The van der Waals surface area contributed by atoms with Crippen molar-refractivity contribution in [3.63, 3.8) is 0 Å². The lowest BCUT2D eigenvalue weighted by atomic mass is 9.97. The van der Waals surface area contributed by atoms with Crippen LogP contribution >= 0.6 is 23.2 Å². The van der Waals surface area contributed by atoms with E-state index < -0.39 is 5.91 Å². The number of H-pyrrole nitrogens is 1. The molecule has 0 saturated carbocycles. The van der Waals surface area contributed by atoms with Gasteiger partial charge in [0.05, 0.1) is 16.3 Å². The molecule has 7 heteroatoms. The molecule has 3 rings (SSSR count). The van der Waals surface area contributed by atoms with Crippen LogP contribution in [0.4, 0.5) is 5.95 Å². The van der Waals surface area contributed by atoms with E-state index in [0.717, 1.165) is 31.4 Å². The van der Waals surface area contributed by atoms with Crippen LogP contribution < -0.4 is 10.9 Å². The molecule has 1 aliphatic carbocycles.